The molecule has 1 aliphatic carbocycles. The fourth-order valence-electron chi connectivity index (χ4n) is 3.84. The molecule has 0 aromatic heterocycles. The van der Waals surface area contributed by atoms with Crippen LogP contribution in [0.15, 0.2) is 30.3 Å². The zero-order valence-corrected chi connectivity index (χ0v) is 16.3. The molecule has 3 N–H and O–H groups in total. The molecule has 3 rings (SSSR count). The quantitative estimate of drug-likeness (QED) is 0.761. The largest absolute Gasteiger partial charge is 0.507 e. The average Bonchev–Trinajstić information content (AvgIpc) is 2.65. The molecule has 1 saturated carbocycles. The fourth-order valence-corrected chi connectivity index (χ4v) is 3.84. The van der Waals surface area contributed by atoms with E-state index in [4.69, 9.17) is 10.5 Å². The molecule has 0 radical (unpaired) electrons. The van der Waals surface area contributed by atoms with Crippen LogP contribution in [-0.2, 0) is 0 Å². The van der Waals surface area contributed by atoms with Crippen LogP contribution in [-0.4, -0.2) is 29.0 Å². The average molecular weight is 368 g/mol. The van der Waals surface area contributed by atoms with Crippen LogP contribution in [0.3, 0.4) is 0 Å². The Bertz CT molecular complexity index is 818. The topological polar surface area (TPSA) is 75.8 Å². The molecule has 0 saturated heterocycles. The van der Waals surface area contributed by atoms with Crippen molar-refractivity contribution in [1.82, 2.24) is 4.90 Å². The number of hydrogen-bond donors (Lipinski definition) is 2. The normalized spacial score (nSPS) is 14.8. The molecule has 2 aromatic carbocycles. The Morgan fingerprint density at radius 2 is 1.74 bits per heavy atom. The lowest BCUT2D eigenvalue weighted by atomic mass is 9.94. The van der Waals surface area contributed by atoms with E-state index in [0.29, 0.717) is 17.2 Å². The van der Waals surface area contributed by atoms with E-state index in [9.17, 15) is 9.90 Å². The van der Waals surface area contributed by atoms with Crippen molar-refractivity contribution in [2.45, 2.75) is 52.0 Å². The van der Waals surface area contributed by atoms with Crippen molar-refractivity contribution in [1.29, 1.82) is 0 Å². The van der Waals surface area contributed by atoms with Crippen LogP contribution in [0, 0.1) is 13.8 Å². The molecule has 0 bridgehead atoms. The van der Waals surface area contributed by atoms with Crippen molar-refractivity contribution in [2.24, 2.45) is 0 Å². The molecule has 144 valence electrons. The Balaban J connectivity index is 1.85. The summed E-state index contributed by atoms with van der Waals surface area (Å²) < 4.78 is 6.03. The van der Waals surface area contributed by atoms with Crippen molar-refractivity contribution in [3.05, 3.63) is 47.0 Å². The van der Waals surface area contributed by atoms with Gasteiger partial charge in [0.2, 0.25) is 0 Å². The minimum atomic E-state index is -0.171. The number of phenolic OH excluding ortho intramolecular Hbond substituents is 1. The first-order chi connectivity index (χ1) is 12.9. The van der Waals surface area contributed by atoms with Gasteiger partial charge in [0.15, 0.2) is 0 Å². The summed E-state index contributed by atoms with van der Waals surface area (Å²) in [6.45, 7) is 3.87. The molecule has 0 atom stereocenters. The molecule has 1 fully saturated rings. The minimum absolute atomic E-state index is 0.0271. The van der Waals surface area contributed by atoms with Gasteiger partial charge in [-0.05, 0) is 68.1 Å². The van der Waals surface area contributed by atoms with Gasteiger partial charge in [-0.1, -0.05) is 19.3 Å². The Labute approximate surface area is 160 Å². The van der Waals surface area contributed by atoms with Crippen molar-refractivity contribution in [3.8, 4) is 17.2 Å². The summed E-state index contributed by atoms with van der Waals surface area (Å²) in [7, 11) is 1.82. The summed E-state index contributed by atoms with van der Waals surface area (Å²) in [5.74, 6) is 1.04. The predicted molar refractivity (Wildman–Crippen MR) is 107 cm³/mol. The molecular formula is C22H28N2O3. The number of rotatable bonds is 4. The van der Waals surface area contributed by atoms with E-state index in [2.05, 4.69) is 0 Å². The number of hydrogen-bond acceptors (Lipinski definition) is 4. The van der Waals surface area contributed by atoms with Gasteiger partial charge in [0.1, 0.15) is 17.2 Å². The Kier molecular flexibility index (Phi) is 5.59. The maximum atomic E-state index is 12.9. The Morgan fingerprint density at radius 1 is 1.11 bits per heavy atom. The van der Waals surface area contributed by atoms with Gasteiger partial charge in [-0.3, -0.25) is 4.79 Å². The van der Waals surface area contributed by atoms with Crippen LogP contribution in [0.25, 0.3) is 0 Å². The third kappa shape index (κ3) is 4.18. The molecule has 5 heteroatoms. The van der Waals surface area contributed by atoms with Crippen molar-refractivity contribution in [3.63, 3.8) is 0 Å². The number of carbonyl (C=O) groups excluding carboxylic acids is 1. The number of aryl methyl sites for hydroxylation is 2. The van der Waals surface area contributed by atoms with Gasteiger partial charge in [-0.25, -0.2) is 0 Å². The second-order valence-electron chi connectivity index (χ2n) is 7.47. The highest BCUT2D eigenvalue weighted by Gasteiger charge is 2.25. The third-order valence-corrected chi connectivity index (χ3v) is 5.34. The van der Waals surface area contributed by atoms with E-state index < -0.39 is 0 Å². The number of aromatic hydroxyl groups is 1. The summed E-state index contributed by atoms with van der Waals surface area (Å²) in [5.41, 5.74) is 8.68. The van der Waals surface area contributed by atoms with Crippen molar-refractivity contribution < 1.29 is 14.6 Å². The van der Waals surface area contributed by atoms with E-state index >= 15 is 0 Å². The number of nitrogen functional groups attached to an aromatic ring is 1. The first kappa shape index (κ1) is 19.1. The van der Waals surface area contributed by atoms with E-state index in [1.54, 1.807) is 17.0 Å². The maximum absolute atomic E-state index is 12.9. The van der Waals surface area contributed by atoms with Crippen molar-refractivity contribution in [2.75, 3.05) is 12.8 Å². The number of carbonyl (C=O) groups is 1. The minimum Gasteiger partial charge on any atom is -0.507 e. The lowest BCUT2D eigenvalue weighted by molar-refractivity contribution is 0.0693. The molecule has 0 heterocycles. The van der Waals surface area contributed by atoms with Crippen LogP contribution >= 0.6 is 0 Å². The van der Waals surface area contributed by atoms with Gasteiger partial charge >= 0.3 is 0 Å². The second-order valence-corrected chi connectivity index (χ2v) is 7.47. The van der Waals surface area contributed by atoms with Crippen LogP contribution in [0.4, 0.5) is 5.69 Å². The predicted octanol–water partition coefficient (Wildman–Crippen LogP) is 4.79. The fraction of sp³-hybridized carbons (Fsp3) is 0.409. The number of benzene rings is 2. The lowest BCUT2D eigenvalue weighted by Crippen LogP contribution is -2.38. The Hall–Kier alpha value is -2.69. The van der Waals surface area contributed by atoms with Gasteiger partial charge in [0.25, 0.3) is 5.91 Å². The summed E-state index contributed by atoms with van der Waals surface area (Å²) in [6, 6.07) is 8.74. The molecule has 27 heavy (non-hydrogen) atoms. The van der Waals surface area contributed by atoms with Crippen LogP contribution in [0.2, 0.25) is 0 Å². The molecule has 0 aliphatic heterocycles. The second kappa shape index (κ2) is 7.91. The number of nitrogens with two attached hydrogens (primary N) is 1. The maximum Gasteiger partial charge on any atom is 0.257 e. The van der Waals surface area contributed by atoms with Crippen LogP contribution in [0.5, 0.6) is 17.2 Å². The number of anilines is 1. The number of ether oxygens (including phenoxy) is 1. The van der Waals surface area contributed by atoms with E-state index in [-0.39, 0.29) is 23.3 Å². The summed E-state index contributed by atoms with van der Waals surface area (Å²) >= 11 is 0. The molecular weight excluding hydrogens is 340 g/mol. The first-order valence-corrected chi connectivity index (χ1v) is 9.51. The van der Waals surface area contributed by atoms with Gasteiger partial charge in [0.05, 0.1) is 5.56 Å². The van der Waals surface area contributed by atoms with Gasteiger partial charge in [-0.2, -0.15) is 0 Å². The zero-order valence-electron chi connectivity index (χ0n) is 16.3. The van der Waals surface area contributed by atoms with Crippen LogP contribution < -0.4 is 10.5 Å². The highest BCUT2D eigenvalue weighted by atomic mass is 16.5. The van der Waals surface area contributed by atoms with E-state index in [0.717, 1.165) is 36.8 Å². The van der Waals surface area contributed by atoms with E-state index in [1.807, 2.05) is 33.0 Å². The van der Waals surface area contributed by atoms with Crippen molar-refractivity contribution >= 4 is 11.6 Å². The standard InChI is InChI=1S/C22H28N2O3/c1-14-11-16(23)12-15(2)21(14)27-18-9-10-20(25)19(13-18)22(26)24(3)17-7-5-4-6-8-17/h9-13,17,25H,4-8,23H2,1-3H3. The summed E-state index contributed by atoms with van der Waals surface area (Å²) in [5, 5.41) is 10.2. The monoisotopic (exact) mass is 368 g/mol. The first-order valence-electron chi connectivity index (χ1n) is 9.51. The highest BCUT2D eigenvalue weighted by molar-refractivity contribution is 5.97. The number of amides is 1. The number of nitrogens with zero attached hydrogens (tertiary/aromatic N) is 1. The molecule has 1 amide bonds. The molecule has 5 nitrogen and oxygen atoms in total. The highest BCUT2D eigenvalue weighted by Crippen LogP contribution is 2.33. The molecule has 0 unspecified atom stereocenters. The van der Waals surface area contributed by atoms with Gasteiger partial charge < -0.3 is 20.5 Å². The van der Waals surface area contributed by atoms with Crippen LogP contribution in [0.1, 0.15) is 53.6 Å². The molecule has 2 aromatic rings. The molecule has 0 spiro atoms. The SMILES string of the molecule is Cc1cc(N)cc(C)c1Oc1ccc(O)c(C(=O)N(C)C2CCCCC2)c1. The van der Waals surface area contributed by atoms with E-state index in [1.165, 1.54) is 12.5 Å². The smallest absolute Gasteiger partial charge is 0.257 e. The van der Waals surface area contributed by atoms with Gasteiger partial charge in [0, 0.05) is 18.8 Å². The Morgan fingerprint density at radius 3 is 2.37 bits per heavy atom. The molecule has 1 aliphatic rings. The zero-order chi connectivity index (χ0) is 19.6. The third-order valence-electron chi connectivity index (χ3n) is 5.34. The lowest BCUT2D eigenvalue weighted by Gasteiger charge is -2.31. The number of phenols is 1. The summed E-state index contributed by atoms with van der Waals surface area (Å²) in [4.78, 5) is 14.7. The van der Waals surface area contributed by atoms with Gasteiger partial charge in [-0.15, -0.1) is 0 Å². The summed E-state index contributed by atoms with van der Waals surface area (Å²) in [6.07, 6.45) is 5.56.